The third-order valence-electron chi connectivity index (χ3n) is 19.9. The summed E-state index contributed by atoms with van der Waals surface area (Å²) in [7, 11) is -8.23. The minimum absolute atomic E-state index is 0.0232. The zero-order chi connectivity index (χ0) is 82.5. The van der Waals surface area contributed by atoms with Gasteiger partial charge in [0.05, 0.1) is 37.9 Å². The molecule has 112 heavy (non-hydrogen) atoms. The number of benzene rings is 6. The zero-order valence-corrected chi connectivity index (χ0v) is 72.9. The van der Waals surface area contributed by atoms with Crippen LogP contribution in [0.2, 0.25) is 20.1 Å². The standard InChI is InChI=1S/C55H71Cl4N5O4S.C29H44N4O8S2/c1-9-13-14-15-16-17-18-19-20-21-22-27-48(65)60-38-29-30-40(57)44(35-38)61-51-50(53(67)64(63-51)49-41(58)33-37(56)34-42(49)59)69-47-26-24-23-25-43(47)62-52(66)45(10-2)68-46-31-28-36(54(5,6)11-3)32-39(46)55(7,8)12-4;1-7-32(8-2)24-11-13-26(22(5)19-24)30-28(34)40-15-17-42(36,37)21-43(38,39)18-16-41-29(35)31-27-14-12-25(20-23(27)6)33(9-3)10-4/h23-26,28-35,45,50H,9-22,27H2,1-8H3,(H,60,65)(H,61,63)(H,62,66);11-14,19-20H,7-10,15-18,21H2,1-6H3,(H,30,34)(H,31,35). The second kappa shape index (κ2) is 45.0. The van der Waals surface area contributed by atoms with Crippen LogP contribution >= 0.6 is 58.2 Å². The number of halogens is 4. The first kappa shape index (κ1) is 93.4. The van der Waals surface area contributed by atoms with Gasteiger partial charge in [0.15, 0.2) is 30.9 Å². The zero-order valence-electron chi connectivity index (χ0n) is 67.4. The van der Waals surface area contributed by atoms with Crippen molar-refractivity contribution in [1.82, 2.24) is 5.43 Å². The molecule has 6 aromatic carbocycles. The molecule has 5 amide bonds. The highest BCUT2D eigenvalue weighted by atomic mass is 35.5. The van der Waals surface area contributed by atoms with Crippen LogP contribution in [0.3, 0.4) is 0 Å². The average Bonchev–Trinajstić information content (AvgIpc) is 1.61. The molecule has 1 saturated heterocycles. The fourth-order valence-electron chi connectivity index (χ4n) is 12.4. The van der Waals surface area contributed by atoms with Gasteiger partial charge in [-0.3, -0.25) is 30.4 Å². The Morgan fingerprint density at radius 3 is 1.61 bits per heavy atom. The summed E-state index contributed by atoms with van der Waals surface area (Å²) in [4.78, 5) is 76.0. The lowest BCUT2D eigenvalue weighted by Crippen LogP contribution is -2.36. The molecule has 5 N–H and O–H groups in total. The number of hydrogen-bond acceptors (Lipinski definition) is 16. The molecule has 2 unspecified atom stereocenters. The van der Waals surface area contributed by atoms with Gasteiger partial charge >= 0.3 is 12.2 Å². The normalized spacial score (nSPS) is 13.7. The Hall–Kier alpha value is -7.45. The molecule has 0 bridgehead atoms. The number of hydrogen-bond donors (Lipinski definition) is 5. The fraction of sp³-hybridized carbons (Fsp3) is 0.500. The summed E-state index contributed by atoms with van der Waals surface area (Å²) in [5, 5.41) is 11.2. The Morgan fingerprint density at radius 1 is 0.589 bits per heavy atom. The van der Waals surface area contributed by atoms with Crippen LogP contribution < -0.4 is 46.2 Å². The molecule has 0 radical (unpaired) electrons. The Labute approximate surface area is 689 Å². The Kier molecular flexibility index (Phi) is 37.5. The molecule has 614 valence electrons. The van der Waals surface area contributed by atoms with Gasteiger partial charge in [-0.05, 0) is 180 Å². The van der Waals surface area contributed by atoms with E-state index in [0.717, 1.165) is 86.3 Å². The lowest BCUT2D eigenvalue weighted by atomic mass is 9.76. The quantitative estimate of drug-likeness (QED) is 0.0223. The minimum atomic E-state index is -4.12. The van der Waals surface area contributed by atoms with Crippen LogP contribution in [0.25, 0.3) is 0 Å². The first-order chi connectivity index (χ1) is 53.2. The largest absolute Gasteiger partial charge is 0.480 e. The second-order valence-corrected chi connectivity index (χ2v) is 36.6. The van der Waals surface area contributed by atoms with E-state index in [-0.39, 0.29) is 44.2 Å². The smallest absolute Gasteiger partial charge is 0.411 e. The number of hydrazine groups is 1. The number of sulfone groups is 2. The molecule has 7 rings (SSSR count). The van der Waals surface area contributed by atoms with Crippen LogP contribution in [0.4, 0.5) is 55.1 Å². The van der Waals surface area contributed by atoms with Gasteiger partial charge in [-0.2, -0.15) is 0 Å². The van der Waals surface area contributed by atoms with Crippen molar-refractivity contribution in [3.8, 4) is 5.75 Å². The van der Waals surface area contributed by atoms with Gasteiger partial charge in [0.1, 0.15) is 35.7 Å². The number of nitrogens with zero attached hydrogens (tertiary/aromatic N) is 4. The van der Waals surface area contributed by atoms with Gasteiger partial charge in [0.2, 0.25) is 5.91 Å². The molecule has 28 heteroatoms. The van der Waals surface area contributed by atoms with Gasteiger partial charge in [-0.25, -0.2) is 36.4 Å². The summed E-state index contributed by atoms with van der Waals surface area (Å²) in [6.45, 7) is 31.5. The number of nitrogens with one attached hydrogen (secondary N) is 5. The van der Waals surface area contributed by atoms with Crippen molar-refractivity contribution in [3.05, 3.63) is 152 Å². The fourth-order valence-corrected chi connectivity index (χ4v) is 18.4. The van der Waals surface area contributed by atoms with Crippen LogP contribution in [-0.4, -0.2) is 120 Å². The Balaban J connectivity index is 0.000000390. The third-order valence-corrected chi connectivity index (χ3v) is 26.8. The first-order valence-corrected chi connectivity index (χ1v) is 45.0. The van der Waals surface area contributed by atoms with E-state index in [2.05, 4.69) is 97.1 Å². The van der Waals surface area contributed by atoms with Crippen molar-refractivity contribution in [2.75, 3.05) is 92.1 Å². The van der Waals surface area contributed by atoms with Crippen molar-refractivity contribution in [3.63, 3.8) is 0 Å². The van der Waals surface area contributed by atoms with E-state index in [1.54, 1.807) is 36.4 Å². The number of unbranched alkanes of at least 4 members (excludes halogenated alkanes) is 10. The third kappa shape index (κ3) is 28.5. The summed E-state index contributed by atoms with van der Waals surface area (Å²) in [6, 6.07) is 32.7. The van der Waals surface area contributed by atoms with Gasteiger partial charge in [-0.1, -0.05) is 190 Å². The van der Waals surface area contributed by atoms with Gasteiger partial charge in [0, 0.05) is 76.5 Å². The summed E-state index contributed by atoms with van der Waals surface area (Å²) in [6.07, 6.45) is 13.4. The molecule has 1 aliphatic rings. The Bertz CT molecular complexity index is 4290. The highest BCUT2D eigenvalue weighted by Gasteiger charge is 2.42. The van der Waals surface area contributed by atoms with Crippen molar-refractivity contribution < 1.29 is 55.0 Å². The highest BCUT2D eigenvalue weighted by Crippen LogP contribution is 2.43. The van der Waals surface area contributed by atoms with E-state index in [4.69, 9.17) is 65.6 Å². The van der Waals surface area contributed by atoms with Gasteiger partial charge in [-0.15, -0.1) is 11.8 Å². The van der Waals surface area contributed by atoms with Crippen LogP contribution in [0, 0.1) is 13.8 Å². The Morgan fingerprint density at radius 2 is 1.11 bits per heavy atom. The highest BCUT2D eigenvalue weighted by molar-refractivity contribution is 8.08. The molecule has 1 fully saturated rings. The van der Waals surface area contributed by atoms with Crippen molar-refractivity contribution in [1.29, 1.82) is 0 Å². The van der Waals surface area contributed by atoms with E-state index in [1.807, 2.05) is 97.0 Å². The number of ether oxygens (including phenoxy) is 3. The molecule has 0 aliphatic carbocycles. The molecule has 21 nitrogen and oxygen atoms in total. The van der Waals surface area contributed by atoms with Crippen molar-refractivity contribution >= 4 is 159 Å². The van der Waals surface area contributed by atoms with Crippen molar-refractivity contribution in [2.45, 2.75) is 220 Å². The predicted molar refractivity (Wildman–Crippen MR) is 465 cm³/mol. The summed E-state index contributed by atoms with van der Waals surface area (Å²) in [5.41, 5.74) is 11.4. The maximum absolute atomic E-state index is 14.6. The molecule has 1 heterocycles. The number of amidine groups is 1. The molecule has 2 atom stereocenters. The maximum atomic E-state index is 14.6. The van der Waals surface area contributed by atoms with E-state index in [1.165, 1.54) is 85.8 Å². The number of aryl methyl sites for hydroxylation is 2. The number of thioether (sulfide) groups is 1. The van der Waals surface area contributed by atoms with E-state index in [0.29, 0.717) is 62.0 Å². The van der Waals surface area contributed by atoms with Gasteiger partial charge < -0.3 is 34.6 Å². The molecule has 0 aromatic heterocycles. The predicted octanol–water partition coefficient (Wildman–Crippen LogP) is 21.4. The molecular weight excluding hydrogens is 1560 g/mol. The number of para-hydroxylation sites is 1. The lowest BCUT2D eigenvalue weighted by Gasteiger charge is -2.31. The van der Waals surface area contributed by atoms with Crippen LogP contribution in [0.5, 0.6) is 5.75 Å². The summed E-state index contributed by atoms with van der Waals surface area (Å²) >= 11 is 27.6. The minimum Gasteiger partial charge on any atom is -0.480 e. The number of carbonyl (C=O) groups is 5. The van der Waals surface area contributed by atoms with E-state index >= 15 is 0 Å². The van der Waals surface area contributed by atoms with E-state index in [9.17, 15) is 40.8 Å². The average molecular weight is 1680 g/mol. The van der Waals surface area contributed by atoms with Crippen LogP contribution in [-0.2, 0) is 54.4 Å². The van der Waals surface area contributed by atoms with E-state index < -0.39 is 78.9 Å². The molecule has 1 aliphatic heterocycles. The summed E-state index contributed by atoms with van der Waals surface area (Å²) in [5.74, 6) is -1.32. The number of aliphatic imine (C=N–C) groups is 1. The lowest BCUT2D eigenvalue weighted by molar-refractivity contribution is -0.123. The first-order valence-electron chi connectivity index (χ1n) is 39.0. The van der Waals surface area contributed by atoms with Crippen LogP contribution in [0.15, 0.2) is 119 Å². The monoisotopic (exact) mass is 1680 g/mol. The van der Waals surface area contributed by atoms with Crippen LogP contribution in [0.1, 0.15) is 202 Å². The SMILES string of the molecule is CCCCCCCCCCCCCC(=O)Nc1ccc(Cl)c(N=C2NN(c3c(Cl)cc(Cl)cc3Cl)C(=O)C2Sc2ccccc2NC(=O)C(CC)Oc2ccc(C(C)(C)CC)cc2C(C)(C)CC)c1.CCN(CC)c1ccc(NC(=O)OCCS(=O)(=O)CS(=O)(=O)CCOC(=O)Nc2ccc(N(CC)CC)cc2C)c(C)c1. The van der Waals surface area contributed by atoms with Gasteiger partial charge in [0.25, 0.3) is 11.8 Å². The topological polar surface area (TPSA) is 264 Å². The maximum Gasteiger partial charge on any atom is 0.411 e. The number of anilines is 7. The number of carbonyl (C=O) groups excluding carboxylic acids is 5. The molecule has 6 aromatic rings. The number of rotatable bonds is 42. The number of amides is 5. The second-order valence-electron chi connectivity index (χ2n) is 29.1. The summed E-state index contributed by atoms with van der Waals surface area (Å²) < 4.78 is 66.0. The van der Waals surface area contributed by atoms with Crippen molar-refractivity contribution in [2.24, 2.45) is 4.99 Å². The molecule has 0 saturated carbocycles. The molecule has 0 spiro atoms. The molecular formula is C84H115Cl4N9O12S3.